The van der Waals surface area contributed by atoms with Crippen molar-refractivity contribution in [3.8, 4) is 0 Å². The second kappa shape index (κ2) is 11.1. The summed E-state index contributed by atoms with van der Waals surface area (Å²) < 4.78 is 3.60. The van der Waals surface area contributed by atoms with Gasteiger partial charge in [0.1, 0.15) is 0 Å². The third kappa shape index (κ3) is 16.0. The van der Waals surface area contributed by atoms with Gasteiger partial charge in [-0.2, -0.15) is 0 Å². The topological polar surface area (TPSA) is 183 Å². The molecular weight excluding hydrogens is 266 g/mol. The number of carbonyl (C=O) groups is 2. The standard InChI is InChI=1S/C4H8N2O3.H4O5P2/c5-3(8)4(9)6-1-2-7;1-6(2)5-7(3)4/h7H,1-2H2,(H2,5,8)(H,6,9);1-4H. The number of aliphatic hydroxyl groups is 1. The van der Waals surface area contributed by atoms with E-state index in [1.54, 1.807) is 0 Å². The van der Waals surface area contributed by atoms with Crippen molar-refractivity contribution >= 4 is 29.0 Å². The van der Waals surface area contributed by atoms with E-state index in [2.05, 4.69) is 15.4 Å². The van der Waals surface area contributed by atoms with Gasteiger partial charge in [0.15, 0.2) is 0 Å². The maximum Gasteiger partial charge on any atom is 0.334 e. The molecule has 0 spiro atoms. The highest BCUT2D eigenvalue weighted by Crippen LogP contribution is 2.41. The first-order valence-electron chi connectivity index (χ1n) is 3.53. The second-order valence-corrected chi connectivity index (χ2v) is 3.60. The van der Waals surface area contributed by atoms with Gasteiger partial charge in [-0.05, 0) is 0 Å². The lowest BCUT2D eigenvalue weighted by Gasteiger charge is -2.00. The summed E-state index contributed by atoms with van der Waals surface area (Å²) in [6.07, 6.45) is 0. The molecule has 0 unspecified atom stereocenters. The Labute approximate surface area is 92.7 Å². The normalized spacial score (nSPS) is 9.69. The molecular formula is C4H12N2O8P2. The summed E-state index contributed by atoms with van der Waals surface area (Å²) in [4.78, 5) is 51.4. The van der Waals surface area contributed by atoms with Gasteiger partial charge in [0, 0.05) is 6.54 Å². The molecule has 0 aliphatic rings. The first kappa shape index (κ1) is 17.9. The van der Waals surface area contributed by atoms with Crippen LogP contribution in [0.4, 0.5) is 0 Å². The predicted octanol–water partition coefficient (Wildman–Crippen LogP) is -2.99. The lowest BCUT2D eigenvalue weighted by molar-refractivity contribution is -0.137. The minimum Gasteiger partial charge on any atom is -0.395 e. The number of aliphatic hydroxyl groups excluding tert-OH is 1. The van der Waals surface area contributed by atoms with Crippen LogP contribution < -0.4 is 11.1 Å². The minimum absolute atomic E-state index is 0.0573. The number of nitrogens with two attached hydrogens (primary N) is 1. The molecule has 16 heavy (non-hydrogen) atoms. The van der Waals surface area contributed by atoms with Crippen LogP contribution in [0.1, 0.15) is 0 Å². The van der Waals surface area contributed by atoms with Crippen LogP contribution >= 0.6 is 17.2 Å². The van der Waals surface area contributed by atoms with E-state index in [0.29, 0.717) is 0 Å². The van der Waals surface area contributed by atoms with Gasteiger partial charge in [0.05, 0.1) is 6.61 Å². The van der Waals surface area contributed by atoms with E-state index >= 15 is 0 Å². The molecule has 12 heteroatoms. The van der Waals surface area contributed by atoms with Crippen molar-refractivity contribution in [1.29, 1.82) is 0 Å². The largest absolute Gasteiger partial charge is 0.395 e. The lowest BCUT2D eigenvalue weighted by atomic mass is 10.5. The number of rotatable bonds is 4. The van der Waals surface area contributed by atoms with Crippen LogP contribution in [0.15, 0.2) is 0 Å². The Morgan fingerprint density at radius 3 is 1.81 bits per heavy atom. The fraction of sp³-hybridized carbons (Fsp3) is 0.500. The van der Waals surface area contributed by atoms with Gasteiger partial charge in [-0.15, -0.1) is 0 Å². The summed E-state index contributed by atoms with van der Waals surface area (Å²) >= 11 is 0. The lowest BCUT2D eigenvalue weighted by Crippen LogP contribution is -2.37. The molecule has 8 N–H and O–H groups in total. The van der Waals surface area contributed by atoms with Gasteiger partial charge in [-0.25, -0.2) is 4.31 Å². The van der Waals surface area contributed by atoms with E-state index in [1.165, 1.54) is 0 Å². The summed E-state index contributed by atoms with van der Waals surface area (Å²) in [6.45, 7) is -0.138. The summed E-state index contributed by atoms with van der Waals surface area (Å²) in [7, 11) is -5.22. The molecule has 2 amide bonds. The zero-order valence-corrected chi connectivity index (χ0v) is 9.64. The van der Waals surface area contributed by atoms with Gasteiger partial charge in [-0.3, -0.25) is 9.59 Å². The van der Waals surface area contributed by atoms with Crippen molar-refractivity contribution in [3.63, 3.8) is 0 Å². The molecule has 0 aliphatic carbocycles. The Hall–Kier alpha value is -0.440. The molecule has 0 aromatic rings. The Morgan fingerprint density at radius 1 is 1.19 bits per heavy atom. The second-order valence-electron chi connectivity index (χ2n) is 1.93. The minimum atomic E-state index is -2.61. The maximum absolute atomic E-state index is 10.2. The molecule has 96 valence electrons. The molecule has 0 aromatic carbocycles. The quantitative estimate of drug-likeness (QED) is 0.209. The molecule has 0 rings (SSSR count). The fourth-order valence-corrected chi connectivity index (χ4v) is 0.844. The summed E-state index contributed by atoms with van der Waals surface area (Å²) in [6, 6.07) is 0. The average Bonchev–Trinajstić information content (AvgIpc) is 2.12. The smallest absolute Gasteiger partial charge is 0.334 e. The van der Waals surface area contributed by atoms with Gasteiger partial charge < -0.3 is 35.7 Å². The molecule has 0 aliphatic heterocycles. The number of nitrogens with one attached hydrogen (secondary N) is 1. The summed E-state index contributed by atoms with van der Waals surface area (Å²) in [5.74, 6) is -1.91. The monoisotopic (exact) mass is 278 g/mol. The van der Waals surface area contributed by atoms with E-state index in [1.807, 2.05) is 0 Å². The van der Waals surface area contributed by atoms with Gasteiger partial charge in [0.2, 0.25) is 0 Å². The Bertz CT molecular complexity index is 206. The number of amides is 2. The predicted molar refractivity (Wildman–Crippen MR) is 53.1 cm³/mol. The van der Waals surface area contributed by atoms with Crippen molar-refractivity contribution in [2.24, 2.45) is 5.73 Å². The molecule has 0 fully saturated rings. The number of hydrogen-bond donors (Lipinski definition) is 7. The van der Waals surface area contributed by atoms with Crippen molar-refractivity contribution in [1.82, 2.24) is 5.32 Å². The molecule has 10 nitrogen and oxygen atoms in total. The maximum atomic E-state index is 10.2. The van der Waals surface area contributed by atoms with E-state index in [0.717, 1.165) is 0 Å². The molecule has 0 aromatic heterocycles. The van der Waals surface area contributed by atoms with Crippen LogP contribution in [0.2, 0.25) is 0 Å². The van der Waals surface area contributed by atoms with Crippen molar-refractivity contribution in [3.05, 3.63) is 0 Å². The zero-order valence-electron chi connectivity index (χ0n) is 7.85. The molecule has 0 saturated heterocycles. The first-order chi connectivity index (χ1) is 7.31. The van der Waals surface area contributed by atoms with Crippen LogP contribution in [0, 0.1) is 0 Å². The molecule has 0 saturated carbocycles. The van der Waals surface area contributed by atoms with Crippen LogP contribution in [-0.2, 0) is 13.9 Å². The van der Waals surface area contributed by atoms with E-state index in [4.69, 9.17) is 24.7 Å². The third-order valence-electron chi connectivity index (χ3n) is 0.767. The van der Waals surface area contributed by atoms with Gasteiger partial charge in [0.25, 0.3) is 0 Å². The zero-order chi connectivity index (χ0) is 13.1. The van der Waals surface area contributed by atoms with E-state index in [-0.39, 0.29) is 13.2 Å². The first-order valence-corrected chi connectivity index (χ1v) is 5.86. The van der Waals surface area contributed by atoms with Crippen molar-refractivity contribution in [2.75, 3.05) is 13.2 Å². The SMILES string of the molecule is NC(=O)C(=O)NCCO.OP(O)OP(O)O. The highest BCUT2D eigenvalue weighted by Gasteiger charge is 2.06. The van der Waals surface area contributed by atoms with Gasteiger partial charge >= 0.3 is 29.0 Å². The third-order valence-corrected chi connectivity index (χ3v) is 1.94. The molecule has 0 bridgehead atoms. The molecule has 0 radical (unpaired) electrons. The summed E-state index contributed by atoms with van der Waals surface area (Å²) in [5, 5.41) is 10.2. The number of carbonyl (C=O) groups excluding carboxylic acids is 2. The highest BCUT2D eigenvalue weighted by atomic mass is 31.2. The molecule has 0 heterocycles. The Kier molecular flexibility index (Phi) is 12.4. The number of hydrogen-bond acceptors (Lipinski definition) is 8. The van der Waals surface area contributed by atoms with Crippen LogP contribution in [0.25, 0.3) is 0 Å². The summed E-state index contributed by atoms with van der Waals surface area (Å²) in [5.41, 5.74) is 4.54. The Balaban J connectivity index is 0. The highest BCUT2D eigenvalue weighted by molar-refractivity contribution is 7.53. The Morgan fingerprint density at radius 2 is 1.62 bits per heavy atom. The van der Waals surface area contributed by atoms with E-state index < -0.39 is 29.0 Å². The van der Waals surface area contributed by atoms with Crippen LogP contribution in [0.3, 0.4) is 0 Å². The van der Waals surface area contributed by atoms with Crippen LogP contribution in [0.5, 0.6) is 0 Å². The molecule has 0 atom stereocenters. The van der Waals surface area contributed by atoms with Crippen molar-refractivity contribution < 1.29 is 38.6 Å². The van der Waals surface area contributed by atoms with Gasteiger partial charge in [-0.1, -0.05) is 0 Å². The fourth-order valence-electron chi connectivity index (χ4n) is 0.322. The van der Waals surface area contributed by atoms with Crippen molar-refractivity contribution in [2.45, 2.75) is 0 Å². The average molecular weight is 278 g/mol. The number of primary amides is 1. The van der Waals surface area contributed by atoms with E-state index in [9.17, 15) is 9.59 Å². The van der Waals surface area contributed by atoms with Crippen LogP contribution in [-0.4, -0.2) is 49.6 Å².